The lowest BCUT2D eigenvalue weighted by molar-refractivity contribution is -0.384. The minimum Gasteiger partial charge on any atom is -0.402 e. The molecule has 0 spiro atoms. The maximum absolute atomic E-state index is 11.8. The zero-order chi connectivity index (χ0) is 19.5. The Hall–Kier alpha value is -3.06. The number of non-ortho nitro benzene ring substituents is 1. The number of nitro groups is 1. The van der Waals surface area contributed by atoms with Gasteiger partial charge in [-0.05, 0) is 38.5 Å². The highest BCUT2D eigenvalue weighted by Gasteiger charge is 2.24. The number of benzene rings is 1. The normalized spacial score (nSPS) is 15.5. The Morgan fingerprint density at radius 1 is 1.31 bits per heavy atom. The van der Waals surface area contributed by atoms with E-state index in [-0.39, 0.29) is 17.3 Å². The third-order valence-corrected chi connectivity index (χ3v) is 3.14. The molecule has 1 aromatic rings. The fourth-order valence-electron chi connectivity index (χ4n) is 1.88. The van der Waals surface area contributed by atoms with Gasteiger partial charge in [-0.1, -0.05) is 23.8 Å². The number of cyclic esters (lactones) is 1. The average molecular weight is 358 g/mol. The second-order valence-electron chi connectivity index (χ2n) is 5.35. The molecule has 0 aromatic heterocycles. The van der Waals surface area contributed by atoms with E-state index in [1.807, 2.05) is 32.1 Å². The average Bonchev–Trinajstić information content (AvgIpc) is 2.99. The largest absolute Gasteiger partial charge is 0.402 e. The molecule has 1 aliphatic rings. The molecule has 0 N–H and O–H groups in total. The second-order valence-corrected chi connectivity index (χ2v) is 5.35. The van der Waals surface area contributed by atoms with Crippen LogP contribution in [0.5, 0.6) is 0 Å². The summed E-state index contributed by atoms with van der Waals surface area (Å²) in [5.41, 5.74) is 1.82. The predicted molar refractivity (Wildman–Crippen MR) is 99.9 cm³/mol. The van der Waals surface area contributed by atoms with Gasteiger partial charge in [0.2, 0.25) is 5.90 Å². The van der Waals surface area contributed by atoms with Crippen molar-refractivity contribution in [3.05, 3.63) is 75.5 Å². The fraction of sp³-hybridized carbons (Fsp3) is 0.263. The van der Waals surface area contributed by atoms with Crippen LogP contribution in [0.15, 0.2) is 64.8 Å². The van der Waals surface area contributed by atoms with Crippen LogP contribution >= 0.6 is 0 Å². The van der Waals surface area contributed by atoms with E-state index >= 15 is 0 Å². The zero-order valence-corrected chi connectivity index (χ0v) is 15.3. The molecule has 0 fully saturated rings. The molecule has 0 amide bonds. The topological polar surface area (TPSA) is 91.0 Å². The van der Waals surface area contributed by atoms with Crippen LogP contribution in [0.2, 0.25) is 0 Å². The summed E-state index contributed by atoms with van der Waals surface area (Å²) in [5.74, 6) is -0.358. The first-order chi connectivity index (χ1) is 12.4. The predicted octanol–water partition coefficient (Wildman–Crippen LogP) is 3.96. The molecule has 0 bridgehead atoms. The molecule has 138 valence electrons. The molecule has 0 radical (unpaired) electrons. The molecule has 1 aliphatic heterocycles. The summed E-state index contributed by atoms with van der Waals surface area (Å²) in [7, 11) is 3.25. The van der Waals surface area contributed by atoms with Crippen LogP contribution in [0.25, 0.3) is 0 Å². The van der Waals surface area contributed by atoms with Crippen LogP contribution in [-0.2, 0) is 14.3 Å². The molecule has 1 aromatic carbocycles. The number of ether oxygens (including phenoxy) is 2. The Morgan fingerprint density at radius 3 is 2.46 bits per heavy atom. The molecule has 26 heavy (non-hydrogen) atoms. The van der Waals surface area contributed by atoms with E-state index in [2.05, 4.69) is 9.73 Å². The number of hydrogen-bond acceptors (Lipinski definition) is 6. The van der Waals surface area contributed by atoms with Gasteiger partial charge < -0.3 is 9.47 Å². The van der Waals surface area contributed by atoms with Crippen molar-refractivity contribution in [1.82, 2.24) is 0 Å². The monoisotopic (exact) mass is 358 g/mol. The first kappa shape index (κ1) is 21.0. The Labute approximate surface area is 152 Å². The fourth-order valence-corrected chi connectivity index (χ4v) is 1.88. The zero-order valence-electron chi connectivity index (χ0n) is 15.3. The number of hydrogen-bond donors (Lipinski definition) is 0. The quantitative estimate of drug-likeness (QED) is 0.261. The number of aliphatic imine (C=N–C) groups is 1. The van der Waals surface area contributed by atoms with Crippen molar-refractivity contribution in [2.75, 3.05) is 14.2 Å². The summed E-state index contributed by atoms with van der Waals surface area (Å²) < 4.78 is 9.36. The molecule has 0 atom stereocenters. The van der Waals surface area contributed by atoms with E-state index < -0.39 is 10.9 Å². The molecule has 0 aliphatic carbocycles. The minimum absolute atomic E-state index is 0.0285. The first-order valence-corrected chi connectivity index (χ1v) is 7.87. The van der Waals surface area contributed by atoms with Crippen molar-refractivity contribution < 1.29 is 19.2 Å². The summed E-state index contributed by atoms with van der Waals surface area (Å²) in [4.78, 5) is 26.1. The number of rotatable bonds is 5. The number of carbonyl (C=O) groups is 1. The summed E-state index contributed by atoms with van der Waals surface area (Å²) in [6, 6.07) is 5.70. The van der Waals surface area contributed by atoms with Crippen molar-refractivity contribution in [2.24, 2.45) is 4.99 Å². The molecule has 0 saturated heterocycles. The Balaban J connectivity index is 0.00000105. The van der Waals surface area contributed by atoms with Crippen LogP contribution < -0.4 is 0 Å². The molecule has 7 nitrogen and oxygen atoms in total. The molecule has 7 heteroatoms. The van der Waals surface area contributed by atoms with Gasteiger partial charge in [-0.15, -0.1) is 0 Å². The van der Waals surface area contributed by atoms with Crippen molar-refractivity contribution in [3.8, 4) is 0 Å². The smallest absolute Gasteiger partial charge is 0.363 e. The lowest BCUT2D eigenvalue weighted by Gasteiger charge is -1.98. The van der Waals surface area contributed by atoms with Gasteiger partial charge in [-0.3, -0.25) is 10.1 Å². The lowest BCUT2D eigenvalue weighted by Crippen LogP contribution is -2.05. The number of allylic oxidation sites excluding steroid dienone is 5. The third-order valence-electron chi connectivity index (χ3n) is 3.14. The van der Waals surface area contributed by atoms with Crippen LogP contribution in [0.4, 0.5) is 5.69 Å². The Bertz CT molecular complexity index is 759. The highest BCUT2D eigenvalue weighted by Crippen LogP contribution is 2.20. The van der Waals surface area contributed by atoms with E-state index in [0.717, 1.165) is 5.57 Å². The Morgan fingerprint density at radius 2 is 1.92 bits per heavy atom. The maximum atomic E-state index is 11.8. The van der Waals surface area contributed by atoms with Gasteiger partial charge in [0.25, 0.3) is 5.69 Å². The molecule has 2 rings (SSSR count). The van der Waals surface area contributed by atoms with Crippen LogP contribution in [0, 0.1) is 10.1 Å². The molecule has 1 heterocycles. The number of methoxy groups -OCH3 is 1. The van der Waals surface area contributed by atoms with Gasteiger partial charge >= 0.3 is 5.97 Å². The number of nitro benzene ring substituents is 1. The van der Waals surface area contributed by atoms with E-state index in [9.17, 15) is 14.9 Å². The summed E-state index contributed by atoms with van der Waals surface area (Å²) in [6.07, 6.45) is 8.10. The molecular weight excluding hydrogens is 336 g/mol. The standard InChI is InChI=1S/C17H16N2O4.C2H6O/c1-3-4-5-12(2)6-11-15-17(20)23-16(18-15)13-7-9-14(10-8-13)19(21)22;1-3-2/h3-5,7-11H,6H2,1-2H3;1-2H3/b4-3-,12-5-,15-11-;. The van der Waals surface area contributed by atoms with Gasteiger partial charge in [0, 0.05) is 31.9 Å². The van der Waals surface area contributed by atoms with Gasteiger partial charge in [0.15, 0.2) is 0 Å². The third kappa shape index (κ3) is 6.45. The first-order valence-electron chi connectivity index (χ1n) is 7.87. The van der Waals surface area contributed by atoms with Crippen molar-refractivity contribution in [2.45, 2.75) is 20.3 Å². The summed E-state index contributed by atoms with van der Waals surface area (Å²) in [6.45, 7) is 3.88. The van der Waals surface area contributed by atoms with Crippen molar-refractivity contribution >= 4 is 17.6 Å². The molecule has 0 unspecified atom stereocenters. The number of nitrogens with zero attached hydrogens (tertiary/aromatic N) is 2. The van der Waals surface area contributed by atoms with Gasteiger partial charge in [-0.25, -0.2) is 9.79 Å². The number of carbonyl (C=O) groups excluding carboxylic acids is 1. The van der Waals surface area contributed by atoms with E-state index in [4.69, 9.17) is 4.74 Å². The van der Waals surface area contributed by atoms with Gasteiger partial charge in [0.05, 0.1) is 4.92 Å². The van der Waals surface area contributed by atoms with Crippen LogP contribution in [0.1, 0.15) is 25.8 Å². The molecular formula is C19H22N2O5. The van der Waals surface area contributed by atoms with E-state index in [1.165, 1.54) is 24.3 Å². The Kier molecular flexibility index (Phi) is 8.66. The van der Waals surface area contributed by atoms with Crippen LogP contribution in [0.3, 0.4) is 0 Å². The second kappa shape index (κ2) is 10.7. The SMILES string of the molecule is C/C=C\C=C(\C)C/C=C1\N=C(c2ccc([N+](=O)[O-])cc2)OC1=O.COC. The summed E-state index contributed by atoms with van der Waals surface area (Å²) in [5, 5.41) is 10.6. The highest BCUT2D eigenvalue weighted by molar-refractivity contribution is 6.11. The summed E-state index contributed by atoms with van der Waals surface area (Å²) >= 11 is 0. The molecule has 0 saturated carbocycles. The van der Waals surface area contributed by atoms with E-state index in [0.29, 0.717) is 12.0 Å². The van der Waals surface area contributed by atoms with Gasteiger partial charge in [0.1, 0.15) is 5.70 Å². The van der Waals surface area contributed by atoms with Crippen LogP contribution in [-0.4, -0.2) is 31.0 Å². The lowest BCUT2D eigenvalue weighted by atomic mass is 10.2. The van der Waals surface area contributed by atoms with Crippen molar-refractivity contribution in [1.29, 1.82) is 0 Å². The highest BCUT2D eigenvalue weighted by atomic mass is 16.6. The van der Waals surface area contributed by atoms with Crippen molar-refractivity contribution in [3.63, 3.8) is 0 Å². The van der Waals surface area contributed by atoms with E-state index in [1.54, 1.807) is 20.3 Å². The minimum atomic E-state index is -0.516. The number of esters is 1. The van der Waals surface area contributed by atoms with Gasteiger partial charge in [-0.2, -0.15) is 0 Å². The maximum Gasteiger partial charge on any atom is 0.363 e.